The molecule has 0 radical (unpaired) electrons. The molecule has 4 rings (SSSR count). The van der Waals surface area contributed by atoms with Gasteiger partial charge in [-0.05, 0) is 24.6 Å². The summed E-state index contributed by atoms with van der Waals surface area (Å²) in [4.78, 5) is 26.7. The van der Waals surface area contributed by atoms with Crippen LogP contribution in [0.5, 0.6) is 0 Å². The highest BCUT2D eigenvalue weighted by Crippen LogP contribution is 2.40. The van der Waals surface area contributed by atoms with E-state index < -0.39 is 18.8 Å². The molecule has 2 heterocycles. The molecule has 0 saturated carbocycles. The molecular weight excluding hydrogens is 439 g/mol. The normalized spacial score (nSPS) is 13.2. The third-order valence-corrected chi connectivity index (χ3v) is 8.07. The van der Waals surface area contributed by atoms with E-state index in [2.05, 4.69) is 25.0 Å². The predicted molar refractivity (Wildman–Crippen MR) is 132 cm³/mol. The maximum absolute atomic E-state index is 15.0. The van der Waals surface area contributed by atoms with Crippen LogP contribution in [0, 0.1) is 22.9 Å². The highest BCUT2D eigenvalue weighted by Gasteiger charge is 2.35. The first kappa shape index (κ1) is 22.7. The highest BCUT2D eigenvalue weighted by molar-refractivity contribution is 6.88. The van der Waals surface area contributed by atoms with Gasteiger partial charge in [0.25, 0.3) is 5.56 Å². The maximum atomic E-state index is 15.0. The van der Waals surface area contributed by atoms with Crippen molar-refractivity contribution in [1.29, 1.82) is 0 Å². The van der Waals surface area contributed by atoms with Gasteiger partial charge in [-0.25, -0.2) is 4.39 Å². The largest absolute Gasteiger partial charge is 0.347 e. The average Bonchev–Trinajstić information content (AvgIpc) is 3.16. The van der Waals surface area contributed by atoms with Gasteiger partial charge in [0.15, 0.2) is 5.82 Å². The summed E-state index contributed by atoms with van der Waals surface area (Å²) in [7, 11) is -1.72. The summed E-state index contributed by atoms with van der Waals surface area (Å²) in [5.74, 6) is -0.244. The van der Waals surface area contributed by atoms with Crippen molar-refractivity contribution < 1.29 is 9.31 Å². The number of nitrogens with one attached hydrogen (secondary N) is 1. The molecule has 172 valence electrons. The molecule has 33 heavy (non-hydrogen) atoms. The van der Waals surface area contributed by atoms with Crippen molar-refractivity contribution in [2.24, 2.45) is 0 Å². The van der Waals surface area contributed by atoms with Gasteiger partial charge in [0, 0.05) is 25.2 Å². The van der Waals surface area contributed by atoms with Crippen molar-refractivity contribution in [1.82, 2.24) is 4.57 Å². The molecular formula is C24H27FN4O3Si. The van der Waals surface area contributed by atoms with Crippen LogP contribution in [0.2, 0.25) is 19.6 Å². The summed E-state index contributed by atoms with van der Waals surface area (Å²) in [6.45, 7) is 9.17. The number of nitrogens with zero attached hydrogens (tertiary/aromatic N) is 3. The summed E-state index contributed by atoms with van der Waals surface area (Å²) >= 11 is 0. The number of pyridine rings is 1. The van der Waals surface area contributed by atoms with Crippen molar-refractivity contribution >= 4 is 36.1 Å². The van der Waals surface area contributed by atoms with E-state index in [9.17, 15) is 19.3 Å². The van der Waals surface area contributed by atoms with Crippen LogP contribution in [-0.2, 0) is 13.1 Å². The summed E-state index contributed by atoms with van der Waals surface area (Å²) < 4.78 is 16.4. The Morgan fingerprint density at radius 3 is 2.42 bits per heavy atom. The minimum Gasteiger partial charge on any atom is -0.347 e. The summed E-state index contributed by atoms with van der Waals surface area (Å²) in [5.41, 5.74) is 0.800. The van der Waals surface area contributed by atoms with E-state index in [-0.39, 0.29) is 34.0 Å². The van der Waals surface area contributed by atoms with Gasteiger partial charge in [-0.3, -0.25) is 19.5 Å². The fourth-order valence-corrected chi connectivity index (χ4v) is 5.32. The van der Waals surface area contributed by atoms with Crippen LogP contribution >= 0.6 is 0 Å². The van der Waals surface area contributed by atoms with Crippen molar-refractivity contribution in [3.8, 4) is 0 Å². The van der Waals surface area contributed by atoms with Gasteiger partial charge in [-0.1, -0.05) is 61.2 Å². The quantitative estimate of drug-likeness (QED) is 0.328. The Morgan fingerprint density at radius 2 is 1.82 bits per heavy atom. The molecule has 9 heteroatoms. The Kier molecular flexibility index (Phi) is 5.83. The van der Waals surface area contributed by atoms with E-state index in [0.29, 0.717) is 19.6 Å². The molecule has 0 bridgehead atoms. The van der Waals surface area contributed by atoms with Gasteiger partial charge in [-0.2, -0.15) is 0 Å². The van der Waals surface area contributed by atoms with Crippen LogP contribution < -0.4 is 21.0 Å². The molecule has 7 nitrogen and oxygen atoms in total. The van der Waals surface area contributed by atoms with E-state index in [1.165, 1.54) is 10.6 Å². The number of rotatable bonds is 6. The molecule has 0 aliphatic carbocycles. The van der Waals surface area contributed by atoms with Crippen LogP contribution in [0.1, 0.15) is 11.1 Å². The first-order chi connectivity index (χ1) is 15.6. The SMILES string of the molecule is Cc1c(Nc2ccc([Si](C)(C)C)cc2F)c([N+](=O)[O-])c2n(c1=O)CCN2Cc1ccccc1. The maximum Gasteiger partial charge on any atom is 0.333 e. The second-order valence-corrected chi connectivity index (χ2v) is 14.4. The van der Waals surface area contributed by atoms with Gasteiger partial charge in [0.05, 0.1) is 18.7 Å². The Labute approximate surface area is 192 Å². The number of nitro groups is 1. The molecule has 1 aromatic heterocycles. The topological polar surface area (TPSA) is 80.4 Å². The van der Waals surface area contributed by atoms with Gasteiger partial charge in [0.1, 0.15) is 11.5 Å². The number of aromatic nitrogens is 1. The van der Waals surface area contributed by atoms with Crippen LogP contribution in [0.25, 0.3) is 0 Å². The minimum atomic E-state index is -1.72. The van der Waals surface area contributed by atoms with Crippen LogP contribution in [-0.4, -0.2) is 24.1 Å². The fourth-order valence-electron chi connectivity index (χ4n) is 4.18. The van der Waals surface area contributed by atoms with Crippen LogP contribution in [0.15, 0.2) is 53.3 Å². The first-order valence-electron chi connectivity index (χ1n) is 10.9. The van der Waals surface area contributed by atoms with Crippen molar-refractivity contribution in [3.63, 3.8) is 0 Å². The third-order valence-electron chi connectivity index (χ3n) is 6.03. The lowest BCUT2D eigenvalue weighted by Crippen LogP contribution is -2.37. The molecule has 0 fully saturated rings. The van der Waals surface area contributed by atoms with E-state index in [0.717, 1.165) is 10.8 Å². The molecule has 0 unspecified atom stereocenters. The van der Waals surface area contributed by atoms with Crippen LogP contribution in [0.3, 0.4) is 0 Å². The van der Waals surface area contributed by atoms with Gasteiger partial charge >= 0.3 is 5.69 Å². The lowest BCUT2D eigenvalue weighted by atomic mass is 10.1. The van der Waals surface area contributed by atoms with E-state index in [1.807, 2.05) is 41.3 Å². The zero-order chi connectivity index (χ0) is 23.9. The summed E-state index contributed by atoms with van der Waals surface area (Å²) in [6, 6.07) is 14.5. The second kappa shape index (κ2) is 8.47. The van der Waals surface area contributed by atoms with Gasteiger partial charge in [-0.15, -0.1) is 0 Å². The molecule has 3 aromatic rings. The summed E-state index contributed by atoms with van der Waals surface area (Å²) in [6.07, 6.45) is 0. The Balaban J connectivity index is 1.82. The number of halogens is 1. The fraction of sp³-hybridized carbons (Fsp3) is 0.292. The Morgan fingerprint density at radius 1 is 1.12 bits per heavy atom. The monoisotopic (exact) mass is 466 g/mol. The van der Waals surface area contributed by atoms with Crippen LogP contribution in [0.4, 0.5) is 27.3 Å². The number of hydrogen-bond donors (Lipinski definition) is 1. The van der Waals surface area contributed by atoms with E-state index >= 15 is 0 Å². The smallest absolute Gasteiger partial charge is 0.333 e. The summed E-state index contributed by atoms with van der Waals surface area (Å²) in [5, 5.41) is 16.1. The van der Waals surface area contributed by atoms with Crippen molar-refractivity contribution in [2.75, 3.05) is 16.8 Å². The lowest BCUT2D eigenvalue weighted by Gasteiger charge is -2.21. The second-order valence-electron chi connectivity index (χ2n) is 9.36. The lowest BCUT2D eigenvalue weighted by molar-refractivity contribution is -0.383. The minimum absolute atomic E-state index is 0.0378. The zero-order valence-corrected chi connectivity index (χ0v) is 20.2. The zero-order valence-electron chi connectivity index (χ0n) is 19.2. The molecule has 2 aromatic carbocycles. The Bertz CT molecular complexity index is 1290. The molecule has 0 spiro atoms. The average molecular weight is 467 g/mol. The number of benzene rings is 2. The molecule has 1 aliphatic rings. The van der Waals surface area contributed by atoms with Crippen molar-refractivity contribution in [3.05, 3.63) is 85.9 Å². The van der Waals surface area contributed by atoms with Crippen molar-refractivity contribution in [2.45, 2.75) is 39.7 Å². The van der Waals surface area contributed by atoms with E-state index in [1.54, 1.807) is 13.0 Å². The van der Waals surface area contributed by atoms with Gasteiger partial charge in [0.2, 0.25) is 0 Å². The number of hydrogen-bond acceptors (Lipinski definition) is 5. The first-order valence-corrected chi connectivity index (χ1v) is 14.4. The molecule has 0 atom stereocenters. The molecule has 1 N–H and O–H groups in total. The number of fused-ring (bicyclic) bond motifs is 1. The van der Waals surface area contributed by atoms with E-state index in [4.69, 9.17) is 0 Å². The Hall–Kier alpha value is -3.46. The standard InChI is InChI=1S/C24H27FN4O3Si/c1-16-21(26-20-11-10-18(14-19(20)25)33(2,3)4)22(29(31)32)23-27(12-13-28(23)24(16)30)15-17-8-6-5-7-9-17/h5-11,14,26H,12-13,15H2,1-4H3. The molecule has 1 aliphatic heterocycles. The highest BCUT2D eigenvalue weighted by atomic mass is 28.3. The van der Waals surface area contributed by atoms with Gasteiger partial charge < -0.3 is 10.2 Å². The molecule has 0 saturated heterocycles. The number of anilines is 3. The molecule has 0 amide bonds. The third kappa shape index (κ3) is 4.28. The predicted octanol–water partition coefficient (Wildman–Crippen LogP) is 4.51.